The minimum atomic E-state index is -2.67. The first-order valence-electron chi connectivity index (χ1n) is 6.36. The Kier molecular flexibility index (Phi) is 25.3. The van der Waals surface area contributed by atoms with Gasteiger partial charge in [0, 0.05) is 6.20 Å². The summed E-state index contributed by atoms with van der Waals surface area (Å²) in [5.41, 5.74) is 2.27. The second kappa shape index (κ2) is 20.2. The van der Waals surface area contributed by atoms with E-state index in [2.05, 4.69) is 0 Å². The summed E-state index contributed by atoms with van der Waals surface area (Å²) in [6, 6.07) is -0.0926. The van der Waals surface area contributed by atoms with Crippen LogP contribution in [0.4, 0.5) is 21.7 Å². The van der Waals surface area contributed by atoms with Crippen LogP contribution < -0.4 is 0 Å². The normalized spacial score (nSPS) is 14.2. The molecule has 0 aromatic rings. The highest BCUT2D eigenvalue weighted by atomic mass is 19.2. The van der Waals surface area contributed by atoms with E-state index in [9.17, 15) is 21.7 Å². The van der Waals surface area contributed by atoms with Crippen LogP contribution in [0.3, 0.4) is 0 Å². The summed E-state index contributed by atoms with van der Waals surface area (Å²) in [4.78, 5) is 0. The molecule has 1 unspecified atom stereocenters. The van der Waals surface area contributed by atoms with Crippen LogP contribution in [-0.4, -0.2) is 80.9 Å². The van der Waals surface area contributed by atoms with Crippen LogP contribution in [0, 0.1) is 0 Å². The van der Waals surface area contributed by atoms with Crippen molar-refractivity contribution in [3.63, 3.8) is 0 Å². The molecular weight excluding hydrogens is 376 g/mol. The number of hydrogen-bond donors (Lipinski definition) is 8. The maximum Gasteiger partial charge on any atom is 0.674 e. The first kappa shape index (κ1) is 32.5. The lowest BCUT2D eigenvalue weighted by Crippen LogP contribution is -2.24. The van der Waals surface area contributed by atoms with Crippen molar-refractivity contribution in [2.75, 3.05) is 0 Å². The molecular formula is C8H20B4F5NO8. The average molecular weight is 396 g/mol. The molecule has 1 aliphatic heterocycles. The molecule has 0 spiro atoms. The summed E-state index contributed by atoms with van der Waals surface area (Å²) in [5, 5.41) is 56.3. The van der Waals surface area contributed by atoms with Crippen molar-refractivity contribution in [3.05, 3.63) is 23.4 Å². The van der Waals surface area contributed by atoms with Crippen LogP contribution in [0.25, 0.3) is 0 Å². The molecule has 26 heavy (non-hydrogen) atoms. The van der Waals surface area contributed by atoms with E-state index in [1.807, 2.05) is 20.8 Å². The third-order valence-corrected chi connectivity index (χ3v) is 2.09. The zero-order valence-electron chi connectivity index (χ0n) is 14.0. The largest absolute Gasteiger partial charge is 0.674 e. The number of nitrogens with zero attached hydrogens (tertiary/aromatic N) is 1. The number of allylic oxidation sites excluding steroid dienone is 2. The maximum atomic E-state index is 12.7. The minimum absolute atomic E-state index is 0.0926. The molecule has 152 valence electrons. The predicted octanol–water partition coefficient (Wildman–Crippen LogP) is -1.87. The van der Waals surface area contributed by atoms with Crippen LogP contribution in [0.5, 0.6) is 0 Å². The summed E-state index contributed by atoms with van der Waals surface area (Å²) in [7, 11) is -10.7. The summed E-state index contributed by atoms with van der Waals surface area (Å²) >= 11 is 0. The third kappa shape index (κ3) is 43.4. The Bertz CT molecular complexity index is 346. The summed E-state index contributed by atoms with van der Waals surface area (Å²) in [6.07, 6.45) is 3.25. The molecule has 0 bridgehead atoms. The van der Waals surface area contributed by atoms with E-state index in [4.69, 9.17) is 40.2 Å². The standard InChI is InChI=1S/C8H12FN.4BFH2O2/c1-6-4-5-10(9)8(3)7(6)2;4*2-1(3)4/h4-5,8H,1-3H3;4*3-4H. The number of rotatable bonds is 0. The molecule has 9 nitrogen and oxygen atoms in total. The molecule has 0 aromatic heterocycles. The van der Waals surface area contributed by atoms with E-state index < -0.39 is 29.6 Å². The fourth-order valence-electron chi connectivity index (χ4n) is 0.958. The highest BCUT2D eigenvalue weighted by Crippen LogP contribution is 2.20. The first-order chi connectivity index (χ1) is 11.6. The summed E-state index contributed by atoms with van der Waals surface area (Å²) < 4.78 is 53.2. The van der Waals surface area contributed by atoms with Gasteiger partial charge in [0.2, 0.25) is 0 Å². The molecule has 0 aliphatic carbocycles. The van der Waals surface area contributed by atoms with E-state index in [0.717, 1.165) is 10.7 Å². The topological polar surface area (TPSA) is 165 Å². The molecule has 1 atom stereocenters. The number of hydrogen-bond acceptors (Lipinski definition) is 9. The molecule has 1 aliphatic rings. The zero-order chi connectivity index (χ0) is 22.0. The van der Waals surface area contributed by atoms with E-state index in [1.165, 1.54) is 11.8 Å². The van der Waals surface area contributed by atoms with Crippen LogP contribution >= 0.6 is 0 Å². The lowest BCUT2D eigenvalue weighted by molar-refractivity contribution is 0.0575. The van der Waals surface area contributed by atoms with E-state index >= 15 is 0 Å². The maximum absolute atomic E-state index is 12.7. The second-order valence-corrected chi connectivity index (χ2v) is 3.94. The van der Waals surface area contributed by atoms with Crippen molar-refractivity contribution in [1.82, 2.24) is 5.12 Å². The summed E-state index contributed by atoms with van der Waals surface area (Å²) in [6.45, 7) is 5.80. The Morgan fingerprint density at radius 3 is 1.19 bits per heavy atom. The Morgan fingerprint density at radius 1 is 0.769 bits per heavy atom. The Morgan fingerprint density at radius 2 is 1.00 bits per heavy atom. The van der Waals surface area contributed by atoms with Gasteiger partial charge in [0.15, 0.2) is 0 Å². The van der Waals surface area contributed by atoms with Gasteiger partial charge < -0.3 is 40.2 Å². The molecule has 1 rings (SSSR count). The predicted molar refractivity (Wildman–Crippen MR) is 85.1 cm³/mol. The minimum Gasteiger partial charge on any atom is -0.398 e. The SMILES string of the molecule is CC1=C(C)C(C)N(F)C=C1.OB(O)F.OB(O)F.OB(O)F.OB(O)F. The highest BCUT2D eigenvalue weighted by molar-refractivity contribution is 6.32. The second-order valence-electron chi connectivity index (χ2n) is 3.94. The van der Waals surface area contributed by atoms with Gasteiger partial charge in [-0.05, 0) is 38.0 Å². The molecule has 0 amide bonds. The van der Waals surface area contributed by atoms with E-state index in [-0.39, 0.29) is 6.04 Å². The molecule has 0 saturated carbocycles. The highest BCUT2D eigenvalue weighted by Gasteiger charge is 2.15. The van der Waals surface area contributed by atoms with Crippen molar-refractivity contribution in [3.8, 4) is 0 Å². The smallest absolute Gasteiger partial charge is 0.398 e. The van der Waals surface area contributed by atoms with Gasteiger partial charge in [-0.1, -0.05) is 4.48 Å². The van der Waals surface area contributed by atoms with Gasteiger partial charge in [-0.25, -0.2) is 5.12 Å². The van der Waals surface area contributed by atoms with Gasteiger partial charge in [0.1, 0.15) is 0 Å². The molecule has 8 N–H and O–H groups in total. The average Bonchev–Trinajstić information content (AvgIpc) is 2.38. The van der Waals surface area contributed by atoms with Gasteiger partial charge in [0.05, 0.1) is 6.04 Å². The lowest BCUT2D eigenvalue weighted by atomic mass is 10.0. The quantitative estimate of drug-likeness (QED) is 0.133. The molecule has 0 saturated heterocycles. The third-order valence-electron chi connectivity index (χ3n) is 2.09. The van der Waals surface area contributed by atoms with Crippen molar-refractivity contribution < 1.29 is 61.9 Å². The first-order valence-corrected chi connectivity index (χ1v) is 6.36. The van der Waals surface area contributed by atoms with Gasteiger partial charge in [0.25, 0.3) is 0 Å². The van der Waals surface area contributed by atoms with E-state index in [1.54, 1.807) is 6.08 Å². The van der Waals surface area contributed by atoms with Gasteiger partial charge in [-0.3, -0.25) is 17.3 Å². The Hall–Kier alpha value is -1.13. The lowest BCUT2D eigenvalue weighted by Gasteiger charge is -2.23. The van der Waals surface area contributed by atoms with Crippen molar-refractivity contribution in [2.24, 2.45) is 0 Å². The fraction of sp³-hybridized carbons (Fsp3) is 0.500. The van der Waals surface area contributed by atoms with Gasteiger partial charge >= 0.3 is 29.6 Å². The van der Waals surface area contributed by atoms with Gasteiger partial charge in [-0.2, -0.15) is 0 Å². The van der Waals surface area contributed by atoms with Crippen LogP contribution in [-0.2, 0) is 0 Å². The Balaban J connectivity index is -0.000000129. The van der Waals surface area contributed by atoms with Crippen molar-refractivity contribution >= 4 is 29.6 Å². The van der Waals surface area contributed by atoms with Crippen LogP contribution in [0.15, 0.2) is 23.4 Å². The van der Waals surface area contributed by atoms with Crippen molar-refractivity contribution in [1.29, 1.82) is 0 Å². The molecule has 0 aromatic carbocycles. The zero-order valence-corrected chi connectivity index (χ0v) is 14.0. The van der Waals surface area contributed by atoms with Crippen LogP contribution in [0.1, 0.15) is 20.8 Å². The fourth-order valence-corrected chi connectivity index (χ4v) is 0.958. The number of halogens is 5. The molecule has 1 heterocycles. The van der Waals surface area contributed by atoms with Crippen LogP contribution in [0.2, 0.25) is 0 Å². The monoisotopic (exact) mass is 397 g/mol. The Labute approximate surface area is 148 Å². The molecule has 0 fully saturated rings. The summed E-state index contributed by atoms with van der Waals surface area (Å²) in [5.74, 6) is 0. The molecule has 18 heteroatoms. The van der Waals surface area contributed by atoms with E-state index in [0.29, 0.717) is 0 Å². The van der Waals surface area contributed by atoms with Crippen molar-refractivity contribution in [2.45, 2.75) is 26.8 Å². The molecule has 0 radical (unpaired) electrons. The van der Waals surface area contributed by atoms with Gasteiger partial charge in [-0.15, -0.1) is 0 Å².